The molecular formula is C24H24N2O3. The van der Waals surface area contributed by atoms with Crippen molar-refractivity contribution >= 4 is 29.1 Å². The monoisotopic (exact) mass is 388 g/mol. The molecule has 0 radical (unpaired) electrons. The lowest BCUT2D eigenvalue weighted by Crippen LogP contribution is -2.33. The van der Waals surface area contributed by atoms with Gasteiger partial charge in [0.2, 0.25) is 11.8 Å². The lowest BCUT2D eigenvalue weighted by atomic mass is 9.78. The Hall–Kier alpha value is -3.21. The molecule has 0 aromatic heterocycles. The molecule has 5 heteroatoms. The van der Waals surface area contributed by atoms with Crippen LogP contribution in [-0.4, -0.2) is 17.7 Å². The van der Waals surface area contributed by atoms with Crippen LogP contribution in [0.5, 0.6) is 0 Å². The van der Waals surface area contributed by atoms with Crippen molar-refractivity contribution in [3.05, 3.63) is 71.3 Å². The lowest BCUT2D eigenvalue weighted by molar-refractivity contribution is -0.122. The highest BCUT2D eigenvalue weighted by Gasteiger charge is 2.51. The highest BCUT2D eigenvalue weighted by atomic mass is 16.2. The zero-order chi connectivity index (χ0) is 20.7. The Labute approximate surface area is 170 Å². The summed E-state index contributed by atoms with van der Waals surface area (Å²) in [5.74, 6) is -1.48. The number of imide groups is 1. The average molecular weight is 388 g/mol. The Morgan fingerprint density at radius 2 is 1.72 bits per heavy atom. The molecule has 29 heavy (non-hydrogen) atoms. The second-order valence-electron chi connectivity index (χ2n) is 8.01. The third kappa shape index (κ3) is 3.37. The molecule has 4 rings (SSSR count). The summed E-state index contributed by atoms with van der Waals surface area (Å²) in [6.45, 7) is 5.89. The number of anilines is 2. The van der Waals surface area contributed by atoms with Gasteiger partial charge in [0.1, 0.15) is 0 Å². The van der Waals surface area contributed by atoms with Gasteiger partial charge in [-0.25, -0.2) is 4.90 Å². The van der Waals surface area contributed by atoms with Crippen LogP contribution in [0.4, 0.5) is 11.4 Å². The molecule has 1 saturated heterocycles. The summed E-state index contributed by atoms with van der Waals surface area (Å²) < 4.78 is 0. The summed E-state index contributed by atoms with van der Waals surface area (Å²) in [6.07, 6.45) is 4.53. The molecule has 0 spiro atoms. The smallest absolute Gasteiger partial charge is 0.257 e. The molecule has 2 aromatic carbocycles. The number of amides is 3. The standard InChI is InChI=1S/C24H24N2O3/c1-14-11-15(2)13-17(12-14)25-22(27)18-8-4-5-10-20(18)26-23(28)19-9-6-7-16(3)21(19)24(26)29/h4-8,10-13,16,19,21H,9H2,1-3H3,(H,25,27)/t16-,19+,21-/m0/s1. The van der Waals surface area contributed by atoms with Crippen LogP contribution in [0.2, 0.25) is 0 Å². The predicted molar refractivity (Wildman–Crippen MR) is 113 cm³/mol. The van der Waals surface area contributed by atoms with E-state index in [1.807, 2.05) is 51.1 Å². The van der Waals surface area contributed by atoms with Crippen molar-refractivity contribution in [2.24, 2.45) is 17.8 Å². The van der Waals surface area contributed by atoms with E-state index in [4.69, 9.17) is 0 Å². The number of rotatable bonds is 3. The van der Waals surface area contributed by atoms with E-state index in [-0.39, 0.29) is 35.5 Å². The first-order valence-electron chi connectivity index (χ1n) is 9.90. The van der Waals surface area contributed by atoms with E-state index in [0.29, 0.717) is 23.4 Å². The summed E-state index contributed by atoms with van der Waals surface area (Å²) in [4.78, 5) is 40.4. The molecule has 0 unspecified atom stereocenters. The number of fused-ring (bicyclic) bond motifs is 1. The van der Waals surface area contributed by atoms with E-state index in [0.717, 1.165) is 11.1 Å². The molecular weight excluding hydrogens is 364 g/mol. The molecule has 5 nitrogen and oxygen atoms in total. The van der Waals surface area contributed by atoms with Crippen molar-refractivity contribution in [1.82, 2.24) is 0 Å². The van der Waals surface area contributed by atoms with Gasteiger partial charge in [-0.05, 0) is 61.6 Å². The van der Waals surface area contributed by atoms with Gasteiger partial charge < -0.3 is 5.32 Å². The van der Waals surface area contributed by atoms with Gasteiger partial charge >= 0.3 is 0 Å². The highest BCUT2D eigenvalue weighted by Crippen LogP contribution is 2.41. The maximum Gasteiger partial charge on any atom is 0.257 e. The van der Waals surface area contributed by atoms with Crippen molar-refractivity contribution in [3.8, 4) is 0 Å². The molecule has 2 aromatic rings. The van der Waals surface area contributed by atoms with Crippen molar-refractivity contribution < 1.29 is 14.4 Å². The molecule has 1 aliphatic heterocycles. The van der Waals surface area contributed by atoms with E-state index in [9.17, 15) is 14.4 Å². The van der Waals surface area contributed by atoms with Crippen LogP contribution in [0.15, 0.2) is 54.6 Å². The largest absolute Gasteiger partial charge is 0.322 e. The minimum Gasteiger partial charge on any atom is -0.322 e. The number of carbonyl (C=O) groups is 3. The number of nitrogens with zero attached hydrogens (tertiary/aromatic N) is 1. The Morgan fingerprint density at radius 1 is 1.03 bits per heavy atom. The lowest BCUT2D eigenvalue weighted by Gasteiger charge is -2.22. The topological polar surface area (TPSA) is 66.5 Å². The van der Waals surface area contributed by atoms with Gasteiger partial charge in [-0.15, -0.1) is 0 Å². The van der Waals surface area contributed by atoms with Crippen LogP contribution in [0, 0.1) is 31.6 Å². The summed E-state index contributed by atoms with van der Waals surface area (Å²) in [7, 11) is 0. The van der Waals surface area contributed by atoms with Crippen molar-refractivity contribution in [2.45, 2.75) is 27.2 Å². The molecule has 148 valence electrons. The van der Waals surface area contributed by atoms with Gasteiger partial charge in [0, 0.05) is 5.69 Å². The van der Waals surface area contributed by atoms with Crippen LogP contribution < -0.4 is 10.2 Å². The Kier molecular flexibility index (Phi) is 4.82. The zero-order valence-corrected chi connectivity index (χ0v) is 16.8. The molecule has 0 bridgehead atoms. The number of allylic oxidation sites excluding steroid dienone is 2. The molecule has 3 amide bonds. The predicted octanol–water partition coefficient (Wildman–Crippen LogP) is 4.26. The van der Waals surface area contributed by atoms with E-state index in [1.54, 1.807) is 24.3 Å². The number of hydrogen-bond acceptors (Lipinski definition) is 3. The Bertz CT molecular complexity index is 1020. The van der Waals surface area contributed by atoms with E-state index in [1.165, 1.54) is 4.90 Å². The van der Waals surface area contributed by atoms with Crippen LogP contribution >= 0.6 is 0 Å². The first-order chi connectivity index (χ1) is 13.9. The van der Waals surface area contributed by atoms with Crippen molar-refractivity contribution in [2.75, 3.05) is 10.2 Å². The van der Waals surface area contributed by atoms with Gasteiger partial charge in [0.25, 0.3) is 5.91 Å². The maximum atomic E-state index is 13.1. The summed E-state index contributed by atoms with van der Waals surface area (Å²) in [6, 6.07) is 12.6. The van der Waals surface area contributed by atoms with Crippen LogP contribution in [-0.2, 0) is 9.59 Å². The van der Waals surface area contributed by atoms with Crippen molar-refractivity contribution in [1.29, 1.82) is 0 Å². The fraction of sp³-hybridized carbons (Fsp3) is 0.292. The fourth-order valence-corrected chi connectivity index (χ4v) is 4.49. The number of carbonyl (C=O) groups excluding carboxylic acids is 3. The Morgan fingerprint density at radius 3 is 2.41 bits per heavy atom. The molecule has 1 N–H and O–H groups in total. The third-order valence-electron chi connectivity index (χ3n) is 5.74. The minimum atomic E-state index is -0.358. The molecule has 2 aliphatic rings. The van der Waals surface area contributed by atoms with E-state index >= 15 is 0 Å². The Balaban J connectivity index is 1.68. The highest BCUT2D eigenvalue weighted by molar-refractivity contribution is 6.25. The first-order valence-corrected chi connectivity index (χ1v) is 9.90. The zero-order valence-electron chi connectivity index (χ0n) is 16.8. The minimum absolute atomic E-state index is 0.00598. The summed E-state index contributed by atoms with van der Waals surface area (Å²) in [5, 5.41) is 2.90. The SMILES string of the molecule is Cc1cc(C)cc(NC(=O)c2ccccc2N2C(=O)[C@H]3[C@@H](C)C=CC[C@H]3C2=O)c1. The van der Waals surface area contributed by atoms with Gasteiger partial charge in [-0.2, -0.15) is 0 Å². The van der Waals surface area contributed by atoms with Crippen LogP contribution in [0.25, 0.3) is 0 Å². The molecule has 3 atom stereocenters. The molecule has 1 aliphatic carbocycles. The third-order valence-corrected chi connectivity index (χ3v) is 5.74. The number of para-hydroxylation sites is 1. The summed E-state index contributed by atoms with van der Waals surface area (Å²) in [5.41, 5.74) is 3.44. The van der Waals surface area contributed by atoms with E-state index < -0.39 is 0 Å². The molecule has 1 fully saturated rings. The quantitative estimate of drug-likeness (QED) is 0.631. The second kappa shape index (κ2) is 7.32. The van der Waals surface area contributed by atoms with Crippen LogP contribution in [0.3, 0.4) is 0 Å². The van der Waals surface area contributed by atoms with Crippen molar-refractivity contribution in [3.63, 3.8) is 0 Å². The number of benzene rings is 2. The maximum absolute atomic E-state index is 13.1. The number of hydrogen-bond donors (Lipinski definition) is 1. The van der Waals surface area contributed by atoms with Crippen LogP contribution in [0.1, 0.15) is 34.8 Å². The van der Waals surface area contributed by atoms with E-state index in [2.05, 4.69) is 5.32 Å². The number of aryl methyl sites for hydroxylation is 2. The number of nitrogens with one attached hydrogen (secondary N) is 1. The van der Waals surface area contributed by atoms with Gasteiger partial charge in [-0.1, -0.05) is 37.3 Å². The fourth-order valence-electron chi connectivity index (χ4n) is 4.49. The van der Waals surface area contributed by atoms with Gasteiger partial charge in [-0.3, -0.25) is 14.4 Å². The second-order valence-corrected chi connectivity index (χ2v) is 8.01. The average Bonchev–Trinajstić information content (AvgIpc) is 2.92. The molecule has 0 saturated carbocycles. The summed E-state index contributed by atoms with van der Waals surface area (Å²) >= 11 is 0. The normalized spacial score (nSPS) is 23.3. The first kappa shape index (κ1) is 19.1. The van der Waals surface area contributed by atoms with Gasteiger partial charge in [0.15, 0.2) is 0 Å². The molecule has 1 heterocycles. The van der Waals surface area contributed by atoms with Gasteiger partial charge in [0.05, 0.1) is 23.1 Å².